The van der Waals surface area contributed by atoms with Gasteiger partial charge in [-0.2, -0.15) is 0 Å². The van der Waals surface area contributed by atoms with Crippen molar-refractivity contribution in [3.8, 4) is 0 Å². The fourth-order valence-electron chi connectivity index (χ4n) is 10.3. The summed E-state index contributed by atoms with van der Waals surface area (Å²) in [5.41, 5.74) is 16.2. The van der Waals surface area contributed by atoms with Crippen molar-refractivity contribution in [3.05, 3.63) is 0 Å². The molecule has 1 amide bonds. The summed E-state index contributed by atoms with van der Waals surface area (Å²) in [6, 6.07) is 0. The molecule has 4 aliphatic carbocycles. The molecule has 0 aromatic carbocycles. The van der Waals surface area contributed by atoms with Crippen molar-refractivity contribution in [2.45, 2.75) is 197 Å². The molecule has 8 heteroatoms. The first-order valence-corrected chi connectivity index (χ1v) is 23.4. The molecule has 7 atom stereocenters. The Morgan fingerprint density at radius 3 is 1.59 bits per heavy atom. The van der Waals surface area contributed by atoms with Gasteiger partial charge in [-0.25, -0.2) is 0 Å². The number of unbranched alkanes of at least 4 members (excludes halogenated alkanes) is 4. The van der Waals surface area contributed by atoms with Gasteiger partial charge in [-0.15, -0.1) is 0 Å². The van der Waals surface area contributed by atoms with E-state index in [9.17, 15) is 4.79 Å². The van der Waals surface area contributed by atoms with E-state index >= 15 is 0 Å². The highest BCUT2D eigenvalue weighted by atomic mass is 16.3. The number of hydrogen-bond acceptors (Lipinski definition) is 7. The lowest BCUT2D eigenvalue weighted by molar-refractivity contribution is -0.131. The van der Waals surface area contributed by atoms with Gasteiger partial charge in [-0.3, -0.25) is 4.79 Å². The smallest absolute Gasteiger partial charge is 0.222 e. The number of hydrogen-bond donors (Lipinski definition) is 6. The van der Waals surface area contributed by atoms with E-state index in [-0.39, 0.29) is 19.8 Å². The summed E-state index contributed by atoms with van der Waals surface area (Å²) in [6.07, 6.45) is 27.7. The average molecular weight is 771 g/mol. The number of carbonyl (C=O) groups excluding carboxylic acids is 1. The van der Waals surface area contributed by atoms with Crippen molar-refractivity contribution in [1.29, 1.82) is 0 Å². The van der Waals surface area contributed by atoms with Crippen LogP contribution in [0.15, 0.2) is 0 Å². The summed E-state index contributed by atoms with van der Waals surface area (Å²) in [5.74, 6) is 5.34. The van der Waals surface area contributed by atoms with Crippen molar-refractivity contribution < 1.29 is 20.1 Å². The molecule has 0 spiro atoms. The molecule has 0 aliphatic heterocycles. The molecule has 4 unspecified atom stereocenters. The molecule has 54 heavy (non-hydrogen) atoms. The Morgan fingerprint density at radius 2 is 1.13 bits per heavy atom. The van der Waals surface area contributed by atoms with Gasteiger partial charge in [0.05, 0.1) is 0 Å². The van der Waals surface area contributed by atoms with E-state index < -0.39 is 0 Å². The van der Waals surface area contributed by atoms with Crippen LogP contribution < -0.4 is 17.2 Å². The van der Waals surface area contributed by atoms with Crippen LogP contribution in [-0.2, 0) is 4.79 Å². The van der Waals surface area contributed by atoms with Crippen LogP contribution in [0.1, 0.15) is 197 Å². The quantitative estimate of drug-likeness (QED) is 0.0758. The highest BCUT2D eigenvalue weighted by Crippen LogP contribution is 2.67. The molecule has 8 nitrogen and oxygen atoms in total. The molecular formula is C46H98N4O4. The Hall–Kier alpha value is -0.770. The van der Waals surface area contributed by atoms with E-state index in [1.807, 2.05) is 27.7 Å². The second-order valence-corrected chi connectivity index (χ2v) is 16.5. The predicted octanol–water partition coefficient (Wildman–Crippen LogP) is 9.45. The van der Waals surface area contributed by atoms with Gasteiger partial charge >= 0.3 is 0 Å². The lowest BCUT2D eigenvalue weighted by atomic mass is 9.45. The predicted molar refractivity (Wildman–Crippen MR) is 234 cm³/mol. The van der Waals surface area contributed by atoms with Crippen LogP contribution in [0.3, 0.4) is 0 Å². The van der Waals surface area contributed by atoms with Crippen LogP contribution in [0.2, 0.25) is 0 Å². The zero-order chi connectivity index (χ0) is 41.3. The summed E-state index contributed by atoms with van der Waals surface area (Å²) in [6.45, 7) is 22.3. The van der Waals surface area contributed by atoms with E-state index in [0.717, 1.165) is 74.8 Å². The first kappa shape index (κ1) is 55.3. The lowest BCUT2D eigenvalue weighted by Crippen LogP contribution is -2.52. The van der Waals surface area contributed by atoms with Gasteiger partial charge in [0.15, 0.2) is 0 Å². The second kappa shape index (κ2) is 35.4. The number of aliphatic hydroxyl groups is 3. The molecule has 0 saturated heterocycles. The Labute approximate surface area is 336 Å². The zero-order valence-corrected chi connectivity index (χ0v) is 37.5. The maximum absolute atomic E-state index is 13.2. The molecule has 4 fully saturated rings. The van der Waals surface area contributed by atoms with Crippen LogP contribution in [0, 0.1) is 40.4 Å². The summed E-state index contributed by atoms with van der Waals surface area (Å²) in [5, 5.41) is 24.0. The fourth-order valence-corrected chi connectivity index (χ4v) is 10.3. The van der Waals surface area contributed by atoms with Gasteiger partial charge in [0.2, 0.25) is 5.91 Å². The minimum atomic E-state index is 0.219. The third-order valence-corrected chi connectivity index (χ3v) is 13.2. The number of nitrogens with zero attached hydrogens (tertiary/aromatic N) is 1. The highest BCUT2D eigenvalue weighted by Gasteiger charge is 2.59. The Kier molecular flexibility index (Phi) is 36.3. The molecular weight excluding hydrogens is 673 g/mol. The molecule has 0 aromatic rings. The maximum Gasteiger partial charge on any atom is 0.222 e. The Morgan fingerprint density at radius 1 is 0.611 bits per heavy atom. The van der Waals surface area contributed by atoms with Crippen LogP contribution >= 0.6 is 0 Å². The van der Waals surface area contributed by atoms with E-state index in [1.54, 1.807) is 0 Å². The van der Waals surface area contributed by atoms with E-state index in [0.29, 0.717) is 36.4 Å². The Balaban J connectivity index is 0. The Bertz CT molecular complexity index is 804. The zero-order valence-electron chi connectivity index (χ0n) is 37.5. The lowest BCUT2D eigenvalue weighted by Gasteiger charge is -2.60. The van der Waals surface area contributed by atoms with Crippen molar-refractivity contribution in [2.24, 2.45) is 57.6 Å². The van der Waals surface area contributed by atoms with Gasteiger partial charge in [0, 0.05) is 39.3 Å². The van der Waals surface area contributed by atoms with Crippen molar-refractivity contribution in [2.75, 3.05) is 52.5 Å². The normalized spacial score (nSPS) is 27.5. The van der Waals surface area contributed by atoms with Gasteiger partial charge in [-0.05, 0) is 156 Å². The molecule has 9 N–H and O–H groups in total. The van der Waals surface area contributed by atoms with Gasteiger partial charge < -0.3 is 37.4 Å². The van der Waals surface area contributed by atoms with Crippen LogP contribution in [-0.4, -0.2) is 78.7 Å². The fraction of sp³-hybridized carbons (Fsp3) is 0.978. The summed E-state index contributed by atoms with van der Waals surface area (Å²) in [4.78, 5) is 15.4. The average Bonchev–Trinajstić information content (AvgIpc) is 3.53. The number of nitrogens with two attached hydrogens (primary N) is 3. The van der Waals surface area contributed by atoms with Crippen LogP contribution in [0.25, 0.3) is 0 Å². The van der Waals surface area contributed by atoms with Crippen molar-refractivity contribution in [1.82, 2.24) is 4.90 Å². The maximum atomic E-state index is 13.2. The molecule has 4 saturated carbocycles. The highest BCUT2D eigenvalue weighted by molar-refractivity contribution is 5.76. The first-order chi connectivity index (χ1) is 26.2. The van der Waals surface area contributed by atoms with Crippen molar-refractivity contribution >= 4 is 5.91 Å². The number of aliphatic hydroxyl groups excluding tert-OH is 3. The van der Waals surface area contributed by atoms with E-state index in [2.05, 4.69) is 32.6 Å². The third kappa shape index (κ3) is 19.6. The third-order valence-electron chi connectivity index (χ3n) is 13.2. The van der Waals surface area contributed by atoms with Gasteiger partial charge in [0.1, 0.15) is 0 Å². The molecule has 326 valence electrons. The van der Waals surface area contributed by atoms with Gasteiger partial charge in [0.25, 0.3) is 0 Å². The largest absolute Gasteiger partial charge is 0.396 e. The number of carbonyl (C=O) groups is 1. The number of rotatable bonds is 18. The van der Waals surface area contributed by atoms with E-state index in [1.165, 1.54) is 109 Å². The van der Waals surface area contributed by atoms with Crippen LogP contribution in [0.4, 0.5) is 0 Å². The molecule has 0 heterocycles. The number of amides is 1. The van der Waals surface area contributed by atoms with Crippen LogP contribution in [0.5, 0.6) is 0 Å². The van der Waals surface area contributed by atoms with Gasteiger partial charge in [-0.1, -0.05) is 93.9 Å². The molecule has 4 aliphatic rings. The SMILES string of the molecule is CC.CC.CCCCCN(CCCCC)C(=O)CCC[C@H]1CCC2C3CCC4CCCC[C@]4(C)C3CC[C@@]21C.NCCCO.NCCCO.NCCCO. The molecule has 0 radical (unpaired) electrons. The minimum Gasteiger partial charge on any atom is -0.396 e. The molecule has 0 aromatic heterocycles. The standard InChI is InChI=1S/C33H59NO.3C3H9NO.2C2H6/c1-5-7-11-24-34(25-12-8-6-2)31(35)16-13-15-27-18-20-29-28-19-17-26-14-9-10-22-32(26,3)30(28)21-23-33(27,29)4;3*4-2-1-3-5;2*1-2/h26-30H,5-25H2,1-4H3;3*5H,1-4H2;2*1-2H3/t26?,27-,28?,29?,30?,32-,33+;;;;;/m0...../s1. The summed E-state index contributed by atoms with van der Waals surface area (Å²) in [7, 11) is 0. The van der Waals surface area contributed by atoms with E-state index in [4.69, 9.17) is 32.5 Å². The monoisotopic (exact) mass is 771 g/mol. The minimum absolute atomic E-state index is 0.219. The second-order valence-electron chi connectivity index (χ2n) is 16.5. The van der Waals surface area contributed by atoms with Crippen molar-refractivity contribution in [3.63, 3.8) is 0 Å². The molecule has 4 rings (SSSR count). The topological polar surface area (TPSA) is 159 Å². The summed E-state index contributed by atoms with van der Waals surface area (Å²) >= 11 is 0. The number of fused-ring (bicyclic) bond motifs is 5. The molecule has 0 bridgehead atoms. The summed E-state index contributed by atoms with van der Waals surface area (Å²) < 4.78 is 0. The first-order valence-electron chi connectivity index (χ1n) is 23.4.